The molecule has 2 aromatic rings. The molecule has 0 radical (unpaired) electrons. The molecular weight excluding hydrogens is 578 g/mol. The van der Waals surface area contributed by atoms with Crippen LogP contribution in [-0.2, 0) is 20.2 Å². The highest BCUT2D eigenvalue weighted by molar-refractivity contribution is 7.89. The summed E-state index contributed by atoms with van der Waals surface area (Å²) in [6.07, 6.45) is 1.96. The van der Waals surface area contributed by atoms with Crippen LogP contribution in [-0.4, -0.2) is 81.5 Å². The number of sulfonamides is 1. The van der Waals surface area contributed by atoms with Crippen LogP contribution in [0.3, 0.4) is 0 Å². The molecule has 11 heteroatoms. The van der Waals surface area contributed by atoms with Gasteiger partial charge in [-0.15, -0.1) is 0 Å². The third-order valence-corrected chi connectivity index (χ3v) is 10.1. The van der Waals surface area contributed by atoms with Crippen molar-refractivity contribution in [2.45, 2.75) is 77.2 Å². The molecule has 2 heterocycles. The minimum atomic E-state index is -3.81. The number of ether oxygens (including phenoxy) is 2. The molecule has 2 aromatic carbocycles. The summed E-state index contributed by atoms with van der Waals surface area (Å²) in [7, 11) is -3.81. The summed E-state index contributed by atoms with van der Waals surface area (Å²) in [5.41, 5.74) is 7.66. The molecule has 2 aliphatic rings. The maximum absolute atomic E-state index is 14.1. The van der Waals surface area contributed by atoms with Gasteiger partial charge in [0.25, 0.3) is 0 Å². The van der Waals surface area contributed by atoms with Gasteiger partial charge in [0, 0.05) is 44.0 Å². The number of unbranched alkanes of at least 4 members (excludes halogenated alkanes) is 1. The van der Waals surface area contributed by atoms with Gasteiger partial charge in [-0.1, -0.05) is 54.0 Å². The number of piperazine rings is 1. The number of benzene rings is 2. The molecule has 2 aliphatic heterocycles. The topological polar surface area (TPSA) is 129 Å². The summed E-state index contributed by atoms with van der Waals surface area (Å²) >= 11 is 0. The standard InChI is InChI=1S/C33H49N5O5S/c1-7-8-19-42-28-14-11-25(33(5,6)23-32(2,3)4)20-29(28)44(40,41)37-17-15-36(16-18-37)21-27-22-38(31(39)43-27)26-12-9-24(10-13-26)30(34)35/h9-14,20,27H,7-8,15-19,21-23H2,1-6H3,(H3,34,35). The lowest BCUT2D eigenvalue weighted by molar-refractivity contribution is 0.0937. The molecule has 3 N–H and O–H groups in total. The first-order valence-corrected chi connectivity index (χ1v) is 17.0. The van der Waals surface area contributed by atoms with Crippen molar-refractivity contribution in [1.29, 1.82) is 5.41 Å². The zero-order chi connectivity index (χ0) is 32.3. The van der Waals surface area contributed by atoms with E-state index in [1.54, 1.807) is 33.5 Å². The number of anilines is 1. The van der Waals surface area contributed by atoms with Gasteiger partial charge >= 0.3 is 6.09 Å². The second-order valence-corrected chi connectivity index (χ2v) is 15.7. The van der Waals surface area contributed by atoms with E-state index < -0.39 is 16.1 Å². The molecule has 0 bridgehead atoms. The van der Waals surface area contributed by atoms with Gasteiger partial charge in [-0.25, -0.2) is 13.2 Å². The van der Waals surface area contributed by atoms with Crippen LogP contribution in [0.5, 0.6) is 5.75 Å². The summed E-state index contributed by atoms with van der Waals surface area (Å²) in [6, 6.07) is 12.6. The molecule has 0 aliphatic carbocycles. The maximum Gasteiger partial charge on any atom is 0.414 e. The summed E-state index contributed by atoms with van der Waals surface area (Å²) in [5, 5.41) is 7.56. The smallest absolute Gasteiger partial charge is 0.414 e. The van der Waals surface area contributed by atoms with Crippen LogP contribution in [0.25, 0.3) is 0 Å². The van der Waals surface area contributed by atoms with Gasteiger partial charge < -0.3 is 15.2 Å². The van der Waals surface area contributed by atoms with E-state index in [-0.39, 0.29) is 27.7 Å². The molecule has 44 heavy (non-hydrogen) atoms. The number of nitrogen functional groups attached to an aromatic ring is 1. The Morgan fingerprint density at radius 3 is 2.30 bits per heavy atom. The highest BCUT2D eigenvalue weighted by atomic mass is 32.2. The van der Waals surface area contributed by atoms with Crippen molar-refractivity contribution in [2.24, 2.45) is 11.1 Å². The Balaban J connectivity index is 1.43. The van der Waals surface area contributed by atoms with Crippen LogP contribution in [0, 0.1) is 10.8 Å². The van der Waals surface area contributed by atoms with Crippen molar-refractivity contribution in [3.63, 3.8) is 0 Å². The van der Waals surface area contributed by atoms with Crippen LogP contribution in [0.4, 0.5) is 10.5 Å². The lowest BCUT2D eigenvalue weighted by atomic mass is 9.72. The van der Waals surface area contributed by atoms with E-state index >= 15 is 0 Å². The number of carbonyl (C=O) groups is 1. The van der Waals surface area contributed by atoms with E-state index in [9.17, 15) is 13.2 Å². The molecule has 1 amide bonds. The molecule has 2 saturated heterocycles. The third kappa shape index (κ3) is 8.11. The second-order valence-electron chi connectivity index (χ2n) is 13.8. The zero-order valence-electron chi connectivity index (χ0n) is 27.1. The Morgan fingerprint density at radius 1 is 1.05 bits per heavy atom. The van der Waals surface area contributed by atoms with Gasteiger partial charge in [0.05, 0.1) is 13.2 Å². The number of amidine groups is 1. The fourth-order valence-corrected chi connectivity index (χ4v) is 7.81. The maximum atomic E-state index is 14.1. The minimum Gasteiger partial charge on any atom is -0.492 e. The van der Waals surface area contributed by atoms with Crippen molar-refractivity contribution in [1.82, 2.24) is 9.21 Å². The molecule has 1 unspecified atom stereocenters. The molecule has 10 nitrogen and oxygen atoms in total. The number of nitrogens with two attached hydrogens (primary N) is 1. The first-order valence-electron chi connectivity index (χ1n) is 15.5. The largest absolute Gasteiger partial charge is 0.492 e. The van der Waals surface area contributed by atoms with E-state index in [1.165, 1.54) is 0 Å². The Bertz CT molecular complexity index is 1430. The molecular formula is C33H49N5O5S. The summed E-state index contributed by atoms with van der Waals surface area (Å²) in [4.78, 5) is 16.6. The van der Waals surface area contributed by atoms with E-state index in [0.29, 0.717) is 62.9 Å². The van der Waals surface area contributed by atoms with E-state index in [2.05, 4.69) is 46.4 Å². The van der Waals surface area contributed by atoms with Crippen LogP contribution < -0.4 is 15.4 Å². The molecule has 2 fully saturated rings. The molecule has 0 saturated carbocycles. The summed E-state index contributed by atoms with van der Waals surface area (Å²) in [6.45, 7) is 16.1. The summed E-state index contributed by atoms with van der Waals surface area (Å²) in [5.74, 6) is 0.377. The van der Waals surface area contributed by atoms with Crippen LogP contribution >= 0.6 is 0 Å². The number of nitrogens with one attached hydrogen (secondary N) is 1. The van der Waals surface area contributed by atoms with Crippen molar-refractivity contribution in [2.75, 3.05) is 50.8 Å². The fraction of sp³-hybridized carbons (Fsp3) is 0.576. The Morgan fingerprint density at radius 2 is 1.70 bits per heavy atom. The number of hydrogen-bond acceptors (Lipinski definition) is 7. The van der Waals surface area contributed by atoms with Crippen molar-refractivity contribution >= 4 is 27.6 Å². The quantitative estimate of drug-likeness (QED) is 0.188. The van der Waals surface area contributed by atoms with Crippen LogP contribution in [0.2, 0.25) is 0 Å². The second kappa shape index (κ2) is 13.5. The molecule has 0 aromatic heterocycles. The molecule has 242 valence electrons. The first-order chi connectivity index (χ1) is 20.6. The van der Waals surface area contributed by atoms with Crippen molar-refractivity contribution in [3.05, 3.63) is 53.6 Å². The fourth-order valence-electron chi connectivity index (χ4n) is 6.23. The number of rotatable bonds is 12. The average Bonchev–Trinajstić information content (AvgIpc) is 3.31. The van der Waals surface area contributed by atoms with E-state index in [0.717, 1.165) is 24.8 Å². The lowest BCUT2D eigenvalue weighted by Gasteiger charge is -2.36. The van der Waals surface area contributed by atoms with Gasteiger partial charge in [0.15, 0.2) is 0 Å². The lowest BCUT2D eigenvalue weighted by Crippen LogP contribution is -2.50. The first kappa shape index (κ1) is 33.7. The average molecular weight is 628 g/mol. The monoisotopic (exact) mass is 627 g/mol. The van der Waals surface area contributed by atoms with Crippen molar-refractivity contribution in [3.8, 4) is 5.75 Å². The minimum absolute atomic E-state index is 0.0306. The predicted molar refractivity (Wildman–Crippen MR) is 174 cm³/mol. The molecule has 1 atom stereocenters. The van der Waals surface area contributed by atoms with Gasteiger partial charge in [-0.2, -0.15) is 4.31 Å². The third-order valence-electron chi connectivity index (χ3n) is 8.23. The number of nitrogens with zero attached hydrogens (tertiary/aromatic N) is 3. The number of cyclic esters (lactones) is 1. The van der Waals surface area contributed by atoms with Gasteiger partial charge in [0.1, 0.15) is 22.6 Å². The Kier molecular flexibility index (Phi) is 10.3. The number of carbonyl (C=O) groups excluding carboxylic acids is 1. The number of hydrogen-bond donors (Lipinski definition) is 2. The Labute approximate surface area is 263 Å². The van der Waals surface area contributed by atoms with Crippen LogP contribution in [0.15, 0.2) is 47.4 Å². The van der Waals surface area contributed by atoms with Gasteiger partial charge in [-0.05, 0) is 65.6 Å². The van der Waals surface area contributed by atoms with Gasteiger partial charge in [0.2, 0.25) is 10.0 Å². The molecule has 0 spiro atoms. The SMILES string of the molecule is CCCCOc1ccc(C(C)(C)CC(C)(C)C)cc1S(=O)(=O)N1CCN(CC2CN(c3ccc(C(=N)N)cc3)C(=O)O2)CC1. The van der Waals surface area contributed by atoms with E-state index in [4.69, 9.17) is 20.6 Å². The highest BCUT2D eigenvalue weighted by Gasteiger charge is 2.37. The van der Waals surface area contributed by atoms with Gasteiger partial charge in [-0.3, -0.25) is 15.2 Å². The molecule has 4 rings (SSSR count). The van der Waals surface area contributed by atoms with Crippen LogP contribution in [0.1, 0.15) is 71.9 Å². The zero-order valence-corrected chi connectivity index (χ0v) is 27.9. The normalized spacial score (nSPS) is 18.8. The van der Waals surface area contributed by atoms with E-state index in [1.807, 2.05) is 18.2 Å². The predicted octanol–water partition coefficient (Wildman–Crippen LogP) is 5.20. The number of amides is 1. The van der Waals surface area contributed by atoms with Crippen molar-refractivity contribution < 1.29 is 22.7 Å². The Hall–Kier alpha value is -3.15. The highest BCUT2D eigenvalue weighted by Crippen LogP contribution is 2.39. The summed E-state index contributed by atoms with van der Waals surface area (Å²) < 4.78 is 41.4.